The quantitative estimate of drug-likeness (QED) is 0.311. The van der Waals surface area contributed by atoms with Gasteiger partial charge in [-0.3, -0.25) is 14.7 Å². The van der Waals surface area contributed by atoms with Crippen LogP contribution >= 0.6 is 35.3 Å². The molecular formula is C21H36IN5O2S. The summed E-state index contributed by atoms with van der Waals surface area (Å²) < 4.78 is 5.46. The lowest BCUT2D eigenvalue weighted by Gasteiger charge is -2.39. The first-order chi connectivity index (χ1) is 14.0. The van der Waals surface area contributed by atoms with Crippen LogP contribution in [0.2, 0.25) is 0 Å². The second-order valence-electron chi connectivity index (χ2n) is 8.22. The summed E-state index contributed by atoms with van der Waals surface area (Å²) in [6.45, 7) is 13.6. The molecule has 0 bridgehead atoms. The number of hydrogen-bond donors (Lipinski definition) is 2. The molecule has 1 amide bonds. The van der Waals surface area contributed by atoms with E-state index < -0.39 is 0 Å². The van der Waals surface area contributed by atoms with Crippen LogP contribution in [0.15, 0.2) is 16.4 Å². The summed E-state index contributed by atoms with van der Waals surface area (Å²) in [4.78, 5) is 23.2. The van der Waals surface area contributed by atoms with Gasteiger partial charge in [0.1, 0.15) is 0 Å². The number of hydrogen-bond acceptors (Lipinski definition) is 5. The Hall–Kier alpha value is -0.910. The van der Waals surface area contributed by atoms with Gasteiger partial charge in [0.05, 0.1) is 19.8 Å². The molecule has 1 aromatic rings. The van der Waals surface area contributed by atoms with Crippen molar-refractivity contribution in [2.75, 3.05) is 52.5 Å². The summed E-state index contributed by atoms with van der Waals surface area (Å²) in [5.41, 5.74) is 1.29. The molecular weight excluding hydrogens is 513 g/mol. The molecule has 2 N–H and O–H groups in total. The van der Waals surface area contributed by atoms with Crippen LogP contribution in [-0.4, -0.2) is 79.7 Å². The Kier molecular flexibility index (Phi) is 10.3. The standard InChI is InChI=1S/C21H35N5O2S.HI/c1-4-22-20(24-16-21(2,3)26-10-12-28-13-11-26)23-8-5-19(27)25-9-6-18-17(15-25)7-14-29-18;/h7,14H,4-6,8-13,15-16H2,1-3H3,(H2,22,23,24);1H. The third-order valence-electron chi connectivity index (χ3n) is 5.63. The predicted molar refractivity (Wildman–Crippen MR) is 134 cm³/mol. The molecule has 0 spiro atoms. The first kappa shape index (κ1) is 25.4. The number of thiophene rings is 1. The van der Waals surface area contributed by atoms with Gasteiger partial charge in [0.2, 0.25) is 5.91 Å². The van der Waals surface area contributed by atoms with E-state index in [9.17, 15) is 4.79 Å². The number of rotatable bonds is 7. The van der Waals surface area contributed by atoms with Crippen molar-refractivity contribution in [2.45, 2.75) is 45.7 Å². The SMILES string of the molecule is CCNC(=NCC(C)(C)N1CCOCC1)NCCC(=O)N1CCc2sccc2C1.I. The Morgan fingerprint density at radius 2 is 2.03 bits per heavy atom. The maximum absolute atomic E-state index is 12.6. The molecule has 0 atom stereocenters. The van der Waals surface area contributed by atoms with E-state index in [4.69, 9.17) is 9.73 Å². The van der Waals surface area contributed by atoms with E-state index in [-0.39, 0.29) is 35.4 Å². The Labute approximate surface area is 201 Å². The van der Waals surface area contributed by atoms with Crippen LogP contribution in [0.25, 0.3) is 0 Å². The predicted octanol–water partition coefficient (Wildman–Crippen LogP) is 2.31. The van der Waals surface area contributed by atoms with E-state index in [1.165, 1.54) is 10.4 Å². The number of ether oxygens (including phenoxy) is 1. The van der Waals surface area contributed by atoms with Crippen LogP contribution in [-0.2, 0) is 22.5 Å². The number of aliphatic imine (C=N–C) groups is 1. The van der Waals surface area contributed by atoms with Crippen molar-refractivity contribution in [1.82, 2.24) is 20.4 Å². The highest BCUT2D eigenvalue weighted by Gasteiger charge is 2.28. The zero-order valence-electron chi connectivity index (χ0n) is 18.4. The molecule has 1 saturated heterocycles. The maximum atomic E-state index is 12.6. The molecule has 7 nitrogen and oxygen atoms in total. The number of carbonyl (C=O) groups is 1. The Morgan fingerprint density at radius 3 is 2.77 bits per heavy atom. The van der Waals surface area contributed by atoms with Gasteiger partial charge >= 0.3 is 0 Å². The molecule has 0 aromatic carbocycles. The molecule has 0 radical (unpaired) electrons. The number of nitrogens with one attached hydrogen (secondary N) is 2. The summed E-state index contributed by atoms with van der Waals surface area (Å²) in [6.07, 6.45) is 1.46. The minimum absolute atomic E-state index is 0. The largest absolute Gasteiger partial charge is 0.379 e. The molecule has 0 unspecified atom stereocenters. The summed E-state index contributed by atoms with van der Waals surface area (Å²) >= 11 is 1.80. The lowest BCUT2D eigenvalue weighted by Crippen LogP contribution is -2.52. The van der Waals surface area contributed by atoms with E-state index in [1.54, 1.807) is 11.3 Å². The van der Waals surface area contributed by atoms with Crippen LogP contribution in [0.3, 0.4) is 0 Å². The fourth-order valence-corrected chi connectivity index (χ4v) is 4.68. The van der Waals surface area contributed by atoms with Crippen LogP contribution in [0.1, 0.15) is 37.6 Å². The van der Waals surface area contributed by atoms with Crippen molar-refractivity contribution in [1.29, 1.82) is 0 Å². The monoisotopic (exact) mass is 549 g/mol. The number of nitrogens with zero attached hydrogens (tertiary/aromatic N) is 3. The van der Waals surface area contributed by atoms with Gasteiger partial charge in [-0.05, 0) is 44.2 Å². The molecule has 30 heavy (non-hydrogen) atoms. The number of morpholine rings is 1. The van der Waals surface area contributed by atoms with Gasteiger partial charge in [-0.25, -0.2) is 0 Å². The maximum Gasteiger partial charge on any atom is 0.224 e. The second-order valence-corrected chi connectivity index (χ2v) is 9.22. The topological polar surface area (TPSA) is 69.2 Å². The molecule has 3 heterocycles. The van der Waals surface area contributed by atoms with Crippen LogP contribution in [0.4, 0.5) is 0 Å². The summed E-state index contributed by atoms with van der Waals surface area (Å²) in [7, 11) is 0. The van der Waals surface area contributed by atoms with Crippen molar-refractivity contribution in [2.24, 2.45) is 4.99 Å². The smallest absolute Gasteiger partial charge is 0.224 e. The van der Waals surface area contributed by atoms with E-state index in [2.05, 4.69) is 47.8 Å². The number of carbonyl (C=O) groups excluding carboxylic acids is 1. The molecule has 1 aromatic heterocycles. The van der Waals surface area contributed by atoms with Crippen molar-refractivity contribution in [3.8, 4) is 0 Å². The van der Waals surface area contributed by atoms with Crippen LogP contribution in [0.5, 0.6) is 0 Å². The third kappa shape index (κ3) is 7.06. The Bertz CT molecular complexity index is 703. The third-order valence-corrected chi connectivity index (χ3v) is 6.65. The lowest BCUT2D eigenvalue weighted by atomic mass is 10.0. The van der Waals surface area contributed by atoms with E-state index in [1.807, 2.05) is 4.90 Å². The Balaban J connectivity index is 0.00000320. The minimum atomic E-state index is -0.0198. The van der Waals surface area contributed by atoms with Gasteiger partial charge in [-0.2, -0.15) is 0 Å². The van der Waals surface area contributed by atoms with Gasteiger partial charge < -0.3 is 20.3 Å². The zero-order valence-corrected chi connectivity index (χ0v) is 21.6. The zero-order chi connectivity index (χ0) is 20.7. The molecule has 170 valence electrons. The highest BCUT2D eigenvalue weighted by atomic mass is 127. The fraction of sp³-hybridized carbons (Fsp3) is 0.714. The normalized spacial score (nSPS) is 17.8. The molecule has 0 aliphatic carbocycles. The van der Waals surface area contributed by atoms with E-state index >= 15 is 0 Å². The summed E-state index contributed by atoms with van der Waals surface area (Å²) in [5, 5.41) is 8.75. The van der Waals surface area contributed by atoms with Crippen molar-refractivity contribution in [3.63, 3.8) is 0 Å². The first-order valence-corrected chi connectivity index (χ1v) is 11.6. The molecule has 2 aliphatic rings. The minimum Gasteiger partial charge on any atom is -0.379 e. The number of halogens is 1. The Morgan fingerprint density at radius 1 is 1.27 bits per heavy atom. The van der Waals surface area contributed by atoms with Gasteiger partial charge in [0.15, 0.2) is 5.96 Å². The lowest BCUT2D eigenvalue weighted by molar-refractivity contribution is -0.131. The van der Waals surface area contributed by atoms with Gasteiger partial charge in [0, 0.05) is 56.1 Å². The molecule has 3 rings (SSSR count). The van der Waals surface area contributed by atoms with E-state index in [0.717, 1.165) is 58.3 Å². The second kappa shape index (κ2) is 12.2. The van der Waals surface area contributed by atoms with Gasteiger partial charge in [-0.15, -0.1) is 35.3 Å². The highest BCUT2D eigenvalue weighted by molar-refractivity contribution is 14.0. The number of amides is 1. The van der Waals surface area contributed by atoms with Crippen LogP contribution in [0, 0.1) is 0 Å². The first-order valence-electron chi connectivity index (χ1n) is 10.7. The fourth-order valence-electron chi connectivity index (χ4n) is 3.79. The van der Waals surface area contributed by atoms with Crippen molar-refractivity contribution >= 4 is 47.2 Å². The van der Waals surface area contributed by atoms with Crippen molar-refractivity contribution < 1.29 is 9.53 Å². The van der Waals surface area contributed by atoms with E-state index in [0.29, 0.717) is 19.5 Å². The number of fused-ring (bicyclic) bond motifs is 1. The van der Waals surface area contributed by atoms with Gasteiger partial charge in [-0.1, -0.05) is 0 Å². The van der Waals surface area contributed by atoms with Crippen LogP contribution < -0.4 is 10.6 Å². The molecule has 0 saturated carbocycles. The average Bonchev–Trinajstić information content (AvgIpc) is 3.20. The average molecular weight is 550 g/mol. The molecule has 1 fully saturated rings. The highest BCUT2D eigenvalue weighted by Crippen LogP contribution is 2.24. The summed E-state index contributed by atoms with van der Waals surface area (Å²) in [5.74, 6) is 0.985. The number of guanidine groups is 1. The van der Waals surface area contributed by atoms with Crippen molar-refractivity contribution in [3.05, 3.63) is 21.9 Å². The summed E-state index contributed by atoms with van der Waals surface area (Å²) in [6, 6.07) is 2.14. The molecule has 2 aliphatic heterocycles. The van der Waals surface area contributed by atoms with Gasteiger partial charge in [0.25, 0.3) is 0 Å². The molecule has 9 heteroatoms.